The highest BCUT2D eigenvalue weighted by molar-refractivity contribution is 5.84. The predicted octanol–water partition coefficient (Wildman–Crippen LogP) is 1.88. The molecule has 6 heteroatoms. The minimum atomic E-state index is -1.11. The van der Waals surface area contributed by atoms with Crippen LogP contribution in [0.4, 0.5) is 0 Å². The van der Waals surface area contributed by atoms with E-state index in [4.69, 9.17) is 0 Å². The Labute approximate surface area is 139 Å². The molecule has 24 heavy (non-hydrogen) atoms. The molecule has 0 saturated carbocycles. The van der Waals surface area contributed by atoms with Gasteiger partial charge in [0, 0.05) is 24.7 Å². The van der Waals surface area contributed by atoms with Crippen LogP contribution in [0, 0.1) is 6.92 Å². The first-order valence-electron chi connectivity index (χ1n) is 7.72. The van der Waals surface area contributed by atoms with Gasteiger partial charge in [-0.2, -0.15) is 0 Å². The van der Waals surface area contributed by atoms with Gasteiger partial charge < -0.3 is 15.0 Å². The first-order chi connectivity index (χ1) is 11.5. The molecule has 0 aliphatic rings. The van der Waals surface area contributed by atoms with Crippen LogP contribution in [0.5, 0.6) is 0 Å². The monoisotopic (exact) mass is 328 g/mol. The number of aliphatic carboxylic acids is 1. The molecule has 6 nitrogen and oxygen atoms in total. The van der Waals surface area contributed by atoms with Crippen LogP contribution < -0.4 is 10.9 Å². The van der Waals surface area contributed by atoms with Crippen LogP contribution in [-0.2, 0) is 16.1 Å². The Balaban J connectivity index is 1.93. The number of nitrogens with zero attached hydrogens (tertiary/aromatic N) is 1. The van der Waals surface area contributed by atoms with Crippen molar-refractivity contribution < 1.29 is 14.7 Å². The Hall–Kier alpha value is -2.89. The molecule has 0 radical (unpaired) electrons. The van der Waals surface area contributed by atoms with E-state index in [9.17, 15) is 19.5 Å². The number of amides is 1. The van der Waals surface area contributed by atoms with Crippen LogP contribution in [-0.4, -0.2) is 21.6 Å². The maximum Gasteiger partial charge on any atom is 0.330 e. The van der Waals surface area contributed by atoms with Crippen molar-refractivity contribution in [2.24, 2.45) is 0 Å². The lowest BCUT2D eigenvalue weighted by Gasteiger charge is -2.15. The van der Waals surface area contributed by atoms with Crippen molar-refractivity contribution >= 4 is 11.9 Å². The summed E-state index contributed by atoms with van der Waals surface area (Å²) in [5.41, 5.74) is 1.24. The second-order valence-corrected chi connectivity index (χ2v) is 5.51. The summed E-state index contributed by atoms with van der Waals surface area (Å²) in [6.07, 6.45) is 0.606. The molecule has 1 aromatic carbocycles. The standard InChI is InChI=1S/C18H20N2O4/c1-13-7-5-11-16(22)20(13)12-6-10-15(21)19-17(18(23)24)14-8-3-2-4-9-14/h2-5,7-9,11,17H,6,10,12H2,1H3,(H,19,21)(H,23,24). The van der Waals surface area contributed by atoms with E-state index in [1.165, 1.54) is 6.07 Å². The molecule has 1 aromatic heterocycles. The van der Waals surface area contributed by atoms with Gasteiger partial charge in [0.1, 0.15) is 0 Å². The molecular weight excluding hydrogens is 308 g/mol. The number of carboxylic acids is 1. The molecule has 0 fully saturated rings. The molecule has 2 N–H and O–H groups in total. The van der Waals surface area contributed by atoms with Gasteiger partial charge in [-0.15, -0.1) is 0 Å². The summed E-state index contributed by atoms with van der Waals surface area (Å²) in [6, 6.07) is 12.5. The number of pyridine rings is 1. The van der Waals surface area contributed by atoms with Crippen LogP contribution in [0.1, 0.15) is 30.1 Å². The lowest BCUT2D eigenvalue weighted by molar-refractivity contribution is -0.142. The SMILES string of the molecule is Cc1cccc(=O)n1CCCC(=O)NC(C(=O)O)c1ccccc1. The average Bonchev–Trinajstić information content (AvgIpc) is 2.56. The number of aromatic nitrogens is 1. The Bertz CT molecular complexity index is 768. The van der Waals surface area contributed by atoms with Gasteiger partial charge in [0.05, 0.1) is 0 Å². The van der Waals surface area contributed by atoms with Gasteiger partial charge in [-0.05, 0) is 25.0 Å². The van der Waals surface area contributed by atoms with E-state index in [0.29, 0.717) is 18.5 Å². The number of aryl methyl sites for hydroxylation is 1. The molecule has 0 aliphatic heterocycles. The Morgan fingerprint density at radius 3 is 2.46 bits per heavy atom. The van der Waals surface area contributed by atoms with E-state index in [0.717, 1.165) is 5.69 Å². The van der Waals surface area contributed by atoms with Gasteiger partial charge >= 0.3 is 5.97 Å². The molecule has 1 amide bonds. The van der Waals surface area contributed by atoms with Gasteiger partial charge in [0.15, 0.2) is 6.04 Å². The quantitative estimate of drug-likeness (QED) is 0.812. The number of rotatable bonds is 7. The molecule has 126 valence electrons. The number of hydrogen-bond donors (Lipinski definition) is 2. The van der Waals surface area contributed by atoms with Gasteiger partial charge in [0.2, 0.25) is 5.91 Å². The van der Waals surface area contributed by atoms with E-state index >= 15 is 0 Å². The minimum Gasteiger partial charge on any atom is -0.479 e. The van der Waals surface area contributed by atoms with E-state index < -0.39 is 12.0 Å². The number of carbonyl (C=O) groups excluding carboxylic acids is 1. The van der Waals surface area contributed by atoms with Crippen molar-refractivity contribution in [1.82, 2.24) is 9.88 Å². The van der Waals surface area contributed by atoms with Crippen LogP contribution in [0.25, 0.3) is 0 Å². The van der Waals surface area contributed by atoms with Gasteiger partial charge in [-0.3, -0.25) is 9.59 Å². The summed E-state index contributed by atoms with van der Waals surface area (Å²) in [5.74, 6) is -1.46. The van der Waals surface area contributed by atoms with Crippen molar-refractivity contribution in [3.05, 3.63) is 70.1 Å². The largest absolute Gasteiger partial charge is 0.479 e. The van der Waals surface area contributed by atoms with Crippen molar-refractivity contribution in [2.75, 3.05) is 0 Å². The maximum atomic E-state index is 12.0. The van der Waals surface area contributed by atoms with Crippen molar-refractivity contribution in [1.29, 1.82) is 0 Å². The molecule has 0 spiro atoms. The van der Waals surface area contributed by atoms with Gasteiger partial charge in [-0.1, -0.05) is 36.4 Å². The van der Waals surface area contributed by atoms with E-state index in [2.05, 4.69) is 5.32 Å². The van der Waals surface area contributed by atoms with Crippen molar-refractivity contribution in [2.45, 2.75) is 32.4 Å². The average molecular weight is 328 g/mol. The smallest absolute Gasteiger partial charge is 0.330 e. The third-order valence-corrected chi connectivity index (χ3v) is 3.74. The van der Waals surface area contributed by atoms with E-state index in [1.807, 2.05) is 13.0 Å². The normalized spacial score (nSPS) is 11.7. The van der Waals surface area contributed by atoms with Crippen LogP contribution in [0.3, 0.4) is 0 Å². The molecular formula is C18H20N2O4. The summed E-state index contributed by atoms with van der Waals surface area (Å²) >= 11 is 0. The number of benzene rings is 1. The van der Waals surface area contributed by atoms with Gasteiger partial charge in [-0.25, -0.2) is 4.79 Å². The lowest BCUT2D eigenvalue weighted by Crippen LogP contribution is -2.33. The van der Waals surface area contributed by atoms with Crippen molar-refractivity contribution in [3.8, 4) is 0 Å². The Morgan fingerprint density at radius 1 is 1.12 bits per heavy atom. The molecule has 2 rings (SSSR count). The molecule has 1 heterocycles. The summed E-state index contributed by atoms with van der Waals surface area (Å²) in [5, 5.41) is 11.8. The maximum absolute atomic E-state index is 12.0. The highest BCUT2D eigenvalue weighted by Gasteiger charge is 2.21. The molecule has 1 atom stereocenters. The Kier molecular flexibility index (Phi) is 5.89. The number of hydrogen-bond acceptors (Lipinski definition) is 3. The summed E-state index contributed by atoms with van der Waals surface area (Å²) < 4.78 is 1.60. The second kappa shape index (κ2) is 8.10. The van der Waals surface area contributed by atoms with Crippen LogP contribution >= 0.6 is 0 Å². The highest BCUT2D eigenvalue weighted by Crippen LogP contribution is 2.13. The van der Waals surface area contributed by atoms with Crippen LogP contribution in [0.2, 0.25) is 0 Å². The fourth-order valence-corrected chi connectivity index (χ4v) is 2.47. The number of carbonyl (C=O) groups is 2. The number of nitrogens with one attached hydrogen (secondary N) is 1. The van der Waals surface area contributed by atoms with Crippen molar-refractivity contribution in [3.63, 3.8) is 0 Å². The molecule has 0 saturated heterocycles. The Morgan fingerprint density at radius 2 is 1.83 bits per heavy atom. The van der Waals surface area contributed by atoms with Gasteiger partial charge in [0.25, 0.3) is 5.56 Å². The van der Waals surface area contributed by atoms with E-state index in [1.54, 1.807) is 41.0 Å². The zero-order valence-electron chi connectivity index (χ0n) is 13.4. The van der Waals surface area contributed by atoms with Crippen LogP contribution in [0.15, 0.2) is 53.3 Å². The molecule has 1 unspecified atom stereocenters. The molecule has 0 bridgehead atoms. The lowest BCUT2D eigenvalue weighted by atomic mass is 10.1. The fraction of sp³-hybridized carbons (Fsp3) is 0.278. The third-order valence-electron chi connectivity index (χ3n) is 3.74. The number of carboxylic acid groups (broad SMARTS) is 1. The summed E-state index contributed by atoms with van der Waals surface area (Å²) in [4.78, 5) is 35.1. The van der Waals surface area contributed by atoms with E-state index in [-0.39, 0.29) is 17.9 Å². The predicted molar refractivity (Wildman–Crippen MR) is 89.6 cm³/mol. The molecule has 0 aliphatic carbocycles. The summed E-state index contributed by atoms with van der Waals surface area (Å²) in [7, 11) is 0. The first kappa shape index (κ1) is 17.5. The topological polar surface area (TPSA) is 88.4 Å². The second-order valence-electron chi connectivity index (χ2n) is 5.51. The zero-order chi connectivity index (χ0) is 17.5. The first-order valence-corrected chi connectivity index (χ1v) is 7.72. The minimum absolute atomic E-state index is 0.108. The third kappa shape index (κ3) is 4.55. The summed E-state index contributed by atoms with van der Waals surface area (Å²) in [6.45, 7) is 2.25. The fourth-order valence-electron chi connectivity index (χ4n) is 2.47. The molecule has 2 aromatic rings. The highest BCUT2D eigenvalue weighted by atomic mass is 16.4. The zero-order valence-corrected chi connectivity index (χ0v) is 13.4.